The van der Waals surface area contributed by atoms with Gasteiger partial charge >= 0.3 is 34.3 Å². The lowest BCUT2D eigenvalue weighted by atomic mass is 9.97. The molecule has 0 saturated carbocycles. The van der Waals surface area contributed by atoms with Crippen LogP contribution in [0.4, 0.5) is 0 Å². The molecule has 18 nitrogen and oxygen atoms in total. The number of rotatable bonds is 12. The molecule has 0 aliphatic carbocycles. The predicted octanol–water partition coefficient (Wildman–Crippen LogP) is -0.746. The summed E-state index contributed by atoms with van der Waals surface area (Å²) in [7, 11) is -1.76. The van der Waals surface area contributed by atoms with E-state index in [9.17, 15) is 27.6 Å². The van der Waals surface area contributed by atoms with Gasteiger partial charge in [-0.2, -0.15) is 8.42 Å². The summed E-state index contributed by atoms with van der Waals surface area (Å²) in [6.07, 6.45) is -13.8. The minimum absolute atomic E-state index is 0.520. The molecule has 3 rings (SSSR count). The molecule has 3 heterocycles. The molecule has 0 spiro atoms. The number of ether oxygens (including phenoxy) is 10. The monoisotopic (exact) mass is 658 g/mol. The minimum Gasteiger partial charge on any atom is -0.463 e. The molecule has 0 aromatic rings. The molecule has 9 atom stereocenters. The maximum absolute atomic E-state index is 12.2. The number of esters is 4. The summed E-state index contributed by atoms with van der Waals surface area (Å²) in [5.74, 6) is -4.54. The summed E-state index contributed by atoms with van der Waals surface area (Å²) in [4.78, 5) is 48.1. The Morgan fingerprint density at radius 3 is 1.86 bits per heavy atom. The van der Waals surface area contributed by atoms with Crippen molar-refractivity contribution in [2.45, 2.75) is 109 Å². The summed E-state index contributed by atoms with van der Waals surface area (Å²) < 4.78 is 90.7. The second kappa shape index (κ2) is 14.7. The van der Waals surface area contributed by atoms with Crippen LogP contribution in [0.15, 0.2) is 0 Å². The van der Waals surface area contributed by atoms with Crippen LogP contribution in [0.25, 0.3) is 0 Å². The zero-order valence-electron chi connectivity index (χ0n) is 25.4. The van der Waals surface area contributed by atoms with Crippen LogP contribution in [0.3, 0.4) is 0 Å². The standard InChI is InChI=1S/C25H38O18S/c1-11(26)34-9-15-17(36-12(2)27)19(37-13(3)28)21(38-14(4)29)24(39-15)40-18(16-10-35-44(30,31)43-16)20-22(23(32-7)33-8)42-25(5,6)41-20/h15-24H,9-10H2,1-8H3/t15-,16-,17+,18-,19+,20+,21-,22-,24+/m1/s1. The molecule has 252 valence electrons. The predicted molar refractivity (Wildman–Crippen MR) is 138 cm³/mol. The quantitative estimate of drug-likeness (QED) is 0.143. The molecule has 0 aromatic carbocycles. The fraction of sp³-hybridized carbons (Fsp3) is 0.840. The molecule has 3 aliphatic rings. The van der Waals surface area contributed by atoms with E-state index in [0.29, 0.717) is 0 Å². The molecular formula is C25H38O18S. The van der Waals surface area contributed by atoms with E-state index in [1.807, 2.05) is 0 Å². The first-order valence-corrected chi connectivity index (χ1v) is 14.7. The Balaban J connectivity index is 2.11. The molecule has 0 aromatic heterocycles. The molecule has 0 N–H and O–H groups in total. The van der Waals surface area contributed by atoms with Gasteiger partial charge in [-0.25, -0.2) is 8.37 Å². The number of carbonyl (C=O) groups is 4. The second-order valence-electron chi connectivity index (χ2n) is 10.4. The third-order valence-electron chi connectivity index (χ3n) is 6.44. The summed E-state index contributed by atoms with van der Waals surface area (Å²) in [6, 6.07) is 0. The van der Waals surface area contributed by atoms with E-state index in [2.05, 4.69) is 0 Å². The van der Waals surface area contributed by atoms with Gasteiger partial charge in [-0.1, -0.05) is 0 Å². The smallest absolute Gasteiger partial charge is 0.400 e. The van der Waals surface area contributed by atoms with E-state index in [-0.39, 0.29) is 0 Å². The maximum Gasteiger partial charge on any atom is 0.400 e. The Kier molecular flexibility index (Phi) is 12.1. The van der Waals surface area contributed by atoms with Gasteiger partial charge in [0.15, 0.2) is 36.7 Å². The Morgan fingerprint density at radius 2 is 1.36 bits per heavy atom. The SMILES string of the molecule is COC(OC)[C@@H]1OC(C)(C)O[C@H]1[C@H](O[C@@H]1O[C@H](COC(C)=O)[C@H](OC(C)=O)[C@H](OC(C)=O)[C@H]1OC(C)=O)[C@H]1COS(=O)(=O)O1. The fourth-order valence-electron chi connectivity index (χ4n) is 4.98. The summed E-state index contributed by atoms with van der Waals surface area (Å²) in [5.41, 5.74) is 0. The van der Waals surface area contributed by atoms with Gasteiger partial charge < -0.3 is 47.4 Å². The van der Waals surface area contributed by atoms with Crippen molar-refractivity contribution in [3.63, 3.8) is 0 Å². The van der Waals surface area contributed by atoms with Crippen molar-refractivity contribution in [3.8, 4) is 0 Å². The van der Waals surface area contributed by atoms with Crippen molar-refractivity contribution >= 4 is 34.3 Å². The molecule has 3 saturated heterocycles. The minimum atomic E-state index is -4.45. The van der Waals surface area contributed by atoms with E-state index in [0.717, 1.165) is 27.7 Å². The van der Waals surface area contributed by atoms with Crippen LogP contribution in [-0.2, 0) is 85.3 Å². The van der Waals surface area contributed by atoms with Gasteiger partial charge in [-0.15, -0.1) is 0 Å². The van der Waals surface area contributed by atoms with E-state index in [1.54, 1.807) is 13.8 Å². The summed E-state index contributed by atoms with van der Waals surface area (Å²) in [5, 5.41) is 0. The van der Waals surface area contributed by atoms with E-state index in [1.165, 1.54) is 14.2 Å². The second-order valence-corrected chi connectivity index (χ2v) is 11.6. The van der Waals surface area contributed by atoms with Gasteiger partial charge in [-0.05, 0) is 13.8 Å². The molecular weight excluding hydrogens is 620 g/mol. The third kappa shape index (κ3) is 9.27. The first kappa shape index (κ1) is 36.0. The zero-order chi connectivity index (χ0) is 33.0. The number of methoxy groups -OCH3 is 2. The highest BCUT2D eigenvalue weighted by molar-refractivity contribution is 7.82. The van der Waals surface area contributed by atoms with Crippen LogP contribution in [0.5, 0.6) is 0 Å². The van der Waals surface area contributed by atoms with Crippen molar-refractivity contribution in [2.24, 2.45) is 0 Å². The lowest BCUT2D eigenvalue weighted by Crippen LogP contribution is -2.64. The van der Waals surface area contributed by atoms with Gasteiger partial charge in [-0.3, -0.25) is 19.2 Å². The van der Waals surface area contributed by atoms with Gasteiger partial charge in [0.05, 0.1) is 6.61 Å². The summed E-state index contributed by atoms with van der Waals surface area (Å²) >= 11 is 0. The third-order valence-corrected chi connectivity index (χ3v) is 7.35. The molecule has 0 amide bonds. The maximum atomic E-state index is 12.2. The van der Waals surface area contributed by atoms with Crippen LogP contribution >= 0.6 is 0 Å². The van der Waals surface area contributed by atoms with Crippen LogP contribution in [-0.4, -0.2) is 127 Å². The largest absolute Gasteiger partial charge is 0.463 e. The molecule has 3 fully saturated rings. The van der Waals surface area contributed by atoms with E-state index < -0.39 is 115 Å². The molecule has 0 bridgehead atoms. The average molecular weight is 659 g/mol. The van der Waals surface area contributed by atoms with E-state index >= 15 is 0 Å². The van der Waals surface area contributed by atoms with Crippen LogP contribution in [0.1, 0.15) is 41.5 Å². The molecule has 19 heteroatoms. The lowest BCUT2D eigenvalue weighted by Gasteiger charge is -2.45. The number of hydrogen-bond donors (Lipinski definition) is 0. The molecule has 44 heavy (non-hydrogen) atoms. The Morgan fingerprint density at radius 1 is 0.818 bits per heavy atom. The van der Waals surface area contributed by atoms with Crippen molar-refractivity contribution in [1.82, 2.24) is 0 Å². The average Bonchev–Trinajstić information content (AvgIpc) is 3.42. The van der Waals surface area contributed by atoms with Crippen molar-refractivity contribution in [2.75, 3.05) is 27.4 Å². The Bertz CT molecular complexity index is 1150. The normalized spacial score (nSPS) is 33.4. The highest BCUT2D eigenvalue weighted by Crippen LogP contribution is 2.39. The van der Waals surface area contributed by atoms with Crippen molar-refractivity contribution in [3.05, 3.63) is 0 Å². The summed E-state index contributed by atoms with van der Waals surface area (Å²) in [6.45, 7) is 6.42. The molecule has 3 aliphatic heterocycles. The van der Waals surface area contributed by atoms with Crippen LogP contribution in [0.2, 0.25) is 0 Å². The van der Waals surface area contributed by atoms with Crippen molar-refractivity contribution < 1.29 is 83.3 Å². The molecule has 0 unspecified atom stereocenters. The van der Waals surface area contributed by atoms with Gasteiger partial charge in [0.1, 0.15) is 37.1 Å². The topological polar surface area (TPSA) is 213 Å². The highest BCUT2D eigenvalue weighted by atomic mass is 32.3. The number of carbonyl (C=O) groups excluding carboxylic acids is 4. The van der Waals surface area contributed by atoms with Gasteiger partial charge in [0.25, 0.3) is 0 Å². The Hall–Kier alpha value is -2.49. The Labute approximate surface area is 254 Å². The van der Waals surface area contributed by atoms with Crippen LogP contribution in [0, 0.1) is 0 Å². The molecule has 0 radical (unpaired) electrons. The zero-order valence-corrected chi connectivity index (χ0v) is 26.3. The lowest BCUT2D eigenvalue weighted by molar-refractivity contribution is -0.329. The highest BCUT2D eigenvalue weighted by Gasteiger charge is 2.58. The fourth-order valence-corrected chi connectivity index (χ4v) is 5.81. The van der Waals surface area contributed by atoms with E-state index in [4.69, 9.17) is 55.7 Å². The van der Waals surface area contributed by atoms with Gasteiger partial charge in [0.2, 0.25) is 0 Å². The van der Waals surface area contributed by atoms with Crippen molar-refractivity contribution in [1.29, 1.82) is 0 Å². The first-order valence-electron chi connectivity index (χ1n) is 13.4. The van der Waals surface area contributed by atoms with Crippen LogP contribution < -0.4 is 0 Å². The van der Waals surface area contributed by atoms with Gasteiger partial charge in [0, 0.05) is 41.9 Å². The number of hydrogen-bond acceptors (Lipinski definition) is 18. The first-order chi connectivity index (χ1) is 20.5.